The Bertz CT molecular complexity index is 806. The predicted octanol–water partition coefficient (Wildman–Crippen LogP) is 1.55. The molecule has 3 atom stereocenters. The number of carbonyl (C=O) groups excluding carboxylic acids is 2. The molecule has 0 N–H and O–H groups in total. The molecule has 0 spiro atoms. The van der Waals surface area contributed by atoms with Crippen molar-refractivity contribution in [2.24, 2.45) is 18.9 Å². The van der Waals surface area contributed by atoms with E-state index < -0.39 is 12.1 Å². The van der Waals surface area contributed by atoms with Crippen LogP contribution < -0.4 is 4.90 Å². The highest BCUT2D eigenvalue weighted by molar-refractivity contribution is 5.98. The molecule has 0 saturated carbocycles. The van der Waals surface area contributed by atoms with Crippen LogP contribution in [0.2, 0.25) is 0 Å². The first-order chi connectivity index (χ1) is 12.0. The molecule has 2 amide bonds. The number of alkyl halides is 1. The van der Waals surface area contributed by atoms with Gasteiger partial charge in [0.1, 0.15) is 0 Å². The van der Waals surface area contributed by atoms with Crippen LogP contribution in [0.3, 0.4) is 0 Å². The van der Waals surface area contributed by atoms with Crippen LogP contribution in [0.15, 0.2) is 42.7 Å². The lowest BCUT2D eigenvalue weighted by atomic mass is 10.0. The molecule has 3 heterocycles. The number of likely N-dealkylation sites (tertiary alicyclic amines) is 1. The number of hydrogen-bond donors (Lipinski definition) is 0. The van der Waals surface area contributed by atoms with Crippen molar-refractivity contribution in [3.8, 4) is 0 Å². The van der Waals surface area contributed by atoms with Gasteiger partial charge in [-0.3, -0.25) is 14.3 Å². The summed E-state index contributed by atoms with van der Waals surface area (Å²) in [4.78, 5) is 28.3. The number of nitrogens with zero attached hydrogens (tertiary/aromatic N) is 4. The third-order valence-corrected chi connectivity index (χ3v) is 5.06. The molecule has 0 radical (unpaired) electrons. The SMILES string of the molecule is Cn1cc(N2C[C@H]3CN(C(=O)C(F)c4ccccc4)C[C@H]3C2=O)cn1. The van der Waals surface area contributed by atoms with E-state index in [0.717, 1.165) is 5.69 Å². The average Bonchev–Trinajstić information content (AvgIpc) is 3.31. The summed E-state index contributed by atoms with van der Waals surface area (Å²) in [5.41, 5.74) is 1.13. The number of fused-ring (bicyclic) bond motifs is 1. The highest BCUT2D eigenvalue weighted by atomic mass is 19.1. The fourth-order valence-corrected chi connectivity index (χ4v) is 3.75. The molecule has 1 unspecified atom stereocenters. The van der Waals surface area contributed by atoms with Gasteiger partial charge in [0.2, 0.25) is 12.1 Å². The minimum absolute atomic E-state index is 0.0107. The number of hydrogen-bond acceptors (Lipinski definition) is 3. The smallest absolute Gasteiger partial charge is 0.261 e. The first kappa shape index (κ1) is 15.8. The molecule has 6 nitrogen and oxygen atoms in total. The van der Waals surface area contributed by atoms with E-state index in [0.29, 0.717) is 18.7 Å². The zero-order valence-electron chi connectivity index (χ0n) is 13.9. The standard InChI is InChI=1S/C18H19FN4O2/c1-21-10-14(7-20-21)23-9-13-8-22(11-15(13)17(23)24)18(25)16(19)12-5-3-2-4-6-12/h2-7,10,13,15-16H,8-9,11H2,1H3/t13-,15-,16?/m1/s1. The molecule has 0 bridgehead atoms. The van der Waals surface area contributed by atoms with Gasteiger partial charge < -0.3 is 9.80 Å². The number of benzene rings is 1. The highest BCUT2D eigenvalue weighted by Gasteiger charge is 2.48. The Labute approximate surface area is 144 Å². The van der Waals surface area contributed by atoms with Crippen molar-refractivity contribution >= 4 is 17.5 Å². The van der Waals surface area contributed by atoms with Gasteiger partial charge in [0.05, 0.1) is 17.8 Å². The lowest BCUT2D eigenvalue weighted by Gasteiger charge is -2.22. The van der Waals surface area contributed by atoms with Gasteiger partial charge in [-0.2, -0.15) is 5.10 Å². The third-order valence-electron chi connectivity index (χ3n) is 5.06. The Balaban J connectivity index is 1.45. The summed E-state index contributed by atoms with van der Waals surface area (Å²) < 4.78 is 16.2. The van der Waals surface area contributed by atoms with E-state index in [2.05, 4.69) is 5.10 Å². The number of amides is 2. The van der Waals surface area contributed by atoms with Crippen molar-refractivity contribution in [3.63, 3.8) is 0 Å². The molecule has 7 heteroatoms. The van der Waals surface area contributed by atoms with Gasteiger partial charge >= 0.3 is 0 Å². The minimum atomic E-state index is -1.68. The Morgan fingerprint density at radius 3 is 2.64 bits per heavy atom. The number of rotatable bonds is 3. The van der Waals surface area contributed by atoms with Gasteiger partial charge in [-0.25, -0.2) is 4.39 Å². The zero-order chi connectivity index (χ0) is 17.6. The van der Waals surface area contributed by atoms with Gasteiger partial charge in [0.15, 0.2) is 0 Å². The van der Waals surface area contributed by atoms with Crippen LogP contribution in [0, 0.1) is 11.8 Å². The normalized spacial score (nSPS) is 23.8. The quantitative estimate of drug-likeness (QED) is 0.850. The van der Waals surface area contributed by atoms with Crippen molar-refractivity contribution in [1.29, 1.82) is 0 Å². The van der Waals surface area contributed by atoms with E-state index in [-0.39, 0.29) is 24.3 Å². The number of halogens is 1. The summed E-state index contributed by atoms with van der Waals surface area (Å²) in [5.74, 6) is -0.781. The molecule has 130 valence electrons. The summed E-state index contributed by atoms with van der Waals surface area (Å²) in [6.45, 7) is 1.24. The number of anilines is 1. The van der Waals surface area contributed by atoms with Crippen LogP contribution in [-0.4, -0.2) is 46.1 Å². The van der Waals surface area contributed by atoms with Crippen molar-refractivity contribution < 1.29 is 14.0 Å². The third kappa shape index (κ3) is 2.69. The largest absolute Gasteiger partial charge is 0.339 e. The maximum absolute atomic E-state index is 14.5. The van der Waals surface area contributed by atoms with Crippen molar-refractivity contribution in [1.82, 2.24) is 14.7 Å². The summed E-state index contributed by atoms with van der Waals surface area (Å²) in [7, 11) is 1.80. The fourth-order valence-electron chi connectivity index (χ4n) is 3.75. The minimum Gasteiger partial charge on any atom is -0.339 e. The van der Waals surface area contributed by atoms with E-state index >= 15 is 0 Å². The Hall–Kier alpha value is -2.70. The topological polar surface area (TPSA) is 58.4 Å². The Morgan fingerprint density at radius 2 is 2.00 bits per heavy atom. The molecule has 2 saturated heterocycles. The second kappa shape index (κ2) is 5.98. The fraction of sp³-hybridized carbons (Fsp3) is 0.389. The summed E-state index contributed by atoms with van der Waals surface area (Å²) in [6.07, 6.45) is 1.79. The zero-order valence-corrected chi connectivity index (χ0v) is 13.9. The monoisotopic (exact) mass is 342 g/mol. The van der Waals surface area contributed by atoms with E-state index in [1.165, 1.54) is 4.90 Å². The summed E-state index contributed by atoms with van der Waals surface area (Å²) in [6, 6.07) is 8.42. The first-order valence-corrected chi connectivity index (χ1v) is 8.32. The lowest BCUT2D eigenvalue weighted by molar-refractivity contribution is -0.136. The molecule has 2 fully saturated rings. The van der Waals surface area contributed by atoms with Crippen molar-refractivity contribution in [2.45, 2.75) is 6.17 Å². The average molecular weight is 342 g/mol. The number of aromatic nitrogens is 2. The van der Waals surface area contributed by atoms with Gasteiger partial charge in [0.25, 0.3) is 5.91 Å². The molecule has 2 aliphatic rings. The van der Waals surface area contributed by atoms with Crippen LogP contribution in [0.25, 0.3) is 0 Å². The van der Waals surface area contributed by atoms with E-state index in [9.17, 15) is 14.0 Å². The molecule has 2 aliphatic heterocycles. The maximum atomic E-state index is 14.5. The van der Waals surface area contributed by atoms with Crippen LogP contribution in [0.4, 0.5) is 10.1 Å². The Morgan fingerprint density at radius 1 is 1.24 bits per heavy atom. The van der Waals surface area contributed by atoms with E-state index in [4.69, 9.17) is 0 Å². The second-order valence-electron chi connectivity index (χ2n) is 6.70. The predicted molar refractivity (Wildman–Crippen MR) is 89.4 cm³/mol. The van der Waals surface area contributed by atoms with Gasteiger partial charge in [-0.05, 0) is 5.56 Å². The van der Waals surface area contributed by atoms with Gasteiger partial charge in [-0.1, -0.05) is 30.3 Å². The van der Waals surface area contributed by atoms with Crippen LogP contribution in [-0.2, 0) is 16.6 Å². The molecule has 1 aromatic heterocycles. The molecule has 2 aromatic rings. The number of aryl methyl sites for hydroxylation is 1. The van der Waals surface area contributed by atoms with Crippen LogP contribution >= 0.6 is 0 Å². The highest BCUT2D eigenvalue weighted by Crippen LogP contribution is 2.36. The molecule has 1 aromatic carbocycles. The molecule has 0 aliphatic carbocycles. The van der Waals surface area contributed by atoms with Crippen molar-refractivity contribution in [3.05, 3.63) is 48.3 Å². The van der Waals surface area contributed by atoms with E-state index in [1.54, 1.807) is 59.4 Å². The van der Waals surface area contributed by atoms with Crippen LogP contribution in [0.1, 0.15) is 11.7 Å². The molecular formula is C18H19FN4O2. The summed E-state index contributed by atoms with van der Waals surface area (Å²) >= 11 is 0. The van der Waals surface area contributed by atoms with E-state index in [1.807, 2.05) is 0 Å². The first-order valence-electron chi connectivity index (χ1n) is 8.32. The summed E-state index contributed by atoms with van der Waals surface area (Å²) in [5, 5.41) is 4.10. The lowest BCUT2D eigenvalue weighted by Crippen LogP contribution is -2.37. The van der Waals surface area contributed by atoms with Crippen molar-refractivity contribution in [2.75, 3.05) is 24.5 Å². The number of carbonyl (C=O) groups is 2. The molecule has 25 heavy (non-hydrogen) atoms. The van der Waals surface area contributed by atoms with Gasteiger partial charge in [0, 0.05) is 38.8 Å². The maximum Gasteiger partial charge on any atom is 0.261 e. The second-order valence-corrected chi connectivity index (χ2v) is 6.70. The molecular weight excluding hydrogens is 323 g/mol. The van der Waals surface area contributed by atoms with Gasteiger partial charge in [-0.15, -0.1) is 0 Å². The Kier molecular flexibility index (Phi) is 3.78. The molecule has 4 rings (SSSR count). The van der Waals surface area contributed by atoms with Crippen LogP contribution in [0.5, 0.6) is 0 Å².